The molecule has 0 saturated carbocycles. The van der Waals surface area contributed by atoms with Crippen LogP contribution in [0, 0.1) is 0 Å². The van der Waals surface area contributed by atoms with E-state index >= 15 is 0 Å². The molecule has 1 nitrogen and oxygen atoms in total. The van der Waals surface area contributed by atoms with Gasteiger partial charge in [-0.05, 0) is 38.3 Å². The van der Waals surface area contributed by atoms with Gasteiger partial charge in [0.15, 0.2) is 5.78 Å². The van der Waals surface area contributed by atoms with E-state index in [9.17, 15) is 4.79 Å². The van der Waals surface area contributed by atoms with Gasteiger partial charge in [-0.15, -0.1) is 0 Å². The monoisotopic (exact) mass is 228 g/mol. The number of carbonyl (C=O) groups excluding carboxylic acids is 1. The summed E-state index contributed by atoms with van der Waals surface area (Å²) in [6.07, 6.45) is 5.25. The first kappa shape index (κ1) is 13.4. The van der Waals surface area contributed by atoms with E-state index in [2.05, 4.69) is 26.0 Å². The van der Waals surface area contributed by atoms with E-state index in [1.54, 1.807) is 6.92 Å². The number of rotatable bonds is 4. The van der Waals surface area contributed by atoms with Crippen molar-refractivity contribution in [2.24, 2.45) is 0 Å². The van der Waals surface area contributed by atoms with Crippen LogP contribution in [0.5, 0.6) is 0 Å². The number of allylic oxidation sites excluding steroid dienone is 4. The Morgan fingerprint density at radius 2 is 1.65 bits per heavy atom. The van der Waals surface area contributed by atoms with Gasteiger partial charge in [0.2, 0.25) is 0 Å². The molecule has 0 heterocycles. The maximum atomic E-state index is 11.5. The third-order valence-electron chi connectivity index (χ3n) is 2.91. The van der Waals surface area contributed by atoms with Crippen LogP contribution in [-0.2, 0) is 0 Å². The second-order valence-corrected chi connectivity index (χ2v) is 4.32. The van der Waals surface area contributed by atoms with Crippen LogP contribution in [-0.4, -0.2) is 5.78 Å². The van der Waals surface area contributed by atoms with E-state index in [-0.39, 0.29) is 5.78 Å². The molecule has 1 heteroatoms. The highest BCUT2D eigenvalue weighted by atomic mass is 16.1. The SMILES string of the molecule is CC/C(C)=C/C=C(\C)c1ccccc1C(C)=O. The number of benzene rings is 1. The molecule has 0 saturated heterocycles. The second kappa shape index (κ2) is 6.19. The van der Waals surface area contributed by atoms with Crippen molar-refractivity contribution < 1.29 is 4.79 Å². The van der Waals surface area contributed by atoms with Crippen LogP contribution < -0.4 is 0 Å². The van der Waals surface area contributed by atoms with E-state index in [4.69, 9.17) is 0 Å². The molecule has 0 amide bonds. The molecule has 0 atom stereocenters. The summed E-state index contributed by atoms with van der Waals surface area (Å²) in [7, 11) is 0. The summed E-state index contributed by atoms with van der Waals surface area (Å²) in [6.45, 7) is 7.90. The molecule has 0 radical (unpaired) electrons. The number of hydrogen-bond acceptors (Lipinski definition) is 1. The highest BCUT2D eigenvalue weighted by Crippen LogP contribution is 2.19. The molecule has 1 aromatic carbocycles. The molecular formula is C16H20O. The van der Waals surface area contributed by atoms with Crippen molar-refractivity contribution in [3.05, 3.63) is 53.1 Å². The lowest BCUT2D eigenvalue weighted by Gasteiger charge is -2.06. The molecular weight excluding hydrogens is 208 g/mol. The zero-order valence-corrected chi connectivity index (χ0v) is 11.1. The van der Waals surface area contributed by atoms with Crippen LogP contribution in [0.15, 0.2) is 42.0 Å². The standard InChI is InChI=1S/C16H20O/c1-5-12(2)10-11-13(3)15-8-6-7-9-16(15)14(4)17/h6-11H,5H2,1-4H3/b12-10+,13-11+. The lowest BCUT2D eigenvalue weighted by molar-refractivity contribution is 0.101. The Kier molecular flexibility index (Phi) is 4.89. The summed E-state index contributed by atoms with van der Waals surface area (Å²) in [6, 6.07) is 7.75. The van der Waals surface area contributed by atoms with Crippen molar-refractivity contribution in [3.8, 4) is 0 Å². The molecule has 0 aliphatic rings. The fourth-order valence-electron chi connectivity index (χ4n) is 1.61. The molecule has 0 aliphatic carbocycles. The highest BCUT2D eigenvalue weighted by molar-refractivity contribution is 5.99. The molecule has 0 N–H and O–H groups in total. The Morgan fingerprint density at radius 1 is 1.06 bits per heavy atom. The summed E-state index contributed by atoms with van der Waals surface area (Å²) in [5, 5.41) is 0. The predicted octanol–water partition coefficient (Wildman–Crippen LogP) is 4.65. The molecule has 0 unspecified atom stereocenters. The van der Waals surface area contributed by atoms with Crippen LogP contribution in [0.4, 0.5) is 0 Å². The molecule has 1 aromatic rings. The van der Waals surface area contributed by atoms with Gasteiger partial charge in [0.25, 0.3) is 0 Å². The van der Waals surface area contributed by atoms with Crippen molar-refractivity contribution in [2.75, 3.05) is 0 Å². The minimum atomic E-state index is 0.115. The van der Waals surface area contributed by atoms with Gasteiger partial charge in [0, 0.05) is 5.56 Å². The van der Waals surface area contributed by atoms with Crippen molar-refractivity contribution in [3.63, 3.8) is 0 Å². The smallest absolute Gasteiger partial charge is 0.160 e. The first-order valence-corrected chi connectivity index (χ1v) is 6.00. The summed E-state index contributed by atoms with van der Waals surface area (Å²) in [5.41, 5.74) is 4.29. The minimum Gasteiger partial charge on any atom is -0.294 e. The Labute approximate surface area is 104 Å². The largest absolute Gasteiger partial charge is 0.294 e. The Balaban J connectivity index is 3.12. The van der Waals surface area contributed by atoms with E-state index in [0.29, 0.717) is 0 Å². The van der Waals surface area contributed by atoms with Gasteiger partial charge in [0.1, 0.15) is 0 Å². The first-order chi connectivity index (χ1) is 8.06. The van der Waals surface area contributed by atoms with E-state index in [0.717, 1.165) is 23.1 Å². The van der Waals surface area contributed by atoms with Gasteiger partial charge in [-0.25, -0.2) is 0 Å². The summed E-state index contributed by atoms with van der Waals surface area (Å²) in [4.78, 5) is 11.5. The van der Waals surface area contributed by atoms with Gasteiger partial charge in [-0.2, -0.15) is 0 Å². The molecule has 17 heavy (non-hydrogen) atoms. The Bertz CT molecular complexity index is 464. The maximum absolute atomic E-state index is 11.5. The minimum absolute atomic E-state index is 0.115. The van der Waals surface area contributed by atoms with Gasteiger partial charge in [-0.3, -0.25) is 4.79 Å². The average molecular weight is 228 g/mol. The van der Waals surface area contributed by atoms with Crippen molar-refractivity contribution in [1.82, 2.24) is 0 Å². The molecule has 0 fully saturated rings. The van der Waals surface area contributed by atoms with Crippen LogP contribution in [0.1, 0.15) is 50.0 Å². The summed E-state index contributed by atoms with van der Waals surface area (Å²) < 4.78 is 0. The fraction of sp³-hybridized carbons (Fsp3) is 0.312. The van der Waals surface area contributed by atoms with Crippen LogP contribution in [0.25, 0.3) is 5.57 Å². The Morgan fingerprint density at radius 3 is 2.18 bits per heavy atom. The molecule has 1 rings (SSSR count). The van der Waals surface area contributed by atoms with E-state index in [1.165, 1.54) is 5.57 Å². The fourth-order valence-corrected chi connectivity index (χ4v) is 1.61. The third kappa shape index (κ3) is 3.70. The Hall–Kier alpha value is -1.63. The second-order valence-electron chi connectivity index (χ2n) is 4.32. The predicted molar refractivity (Wildman–Crippen MR) is 74.1 cm³/mol. The maximum Gasteiger partial charge on any atom is 0.160 e. The zero-order valence-electron chi connectivity index (χ0n) is 11.1. The van der Waals surface area contributed by atoms with Crippen LogP contribution in [0.2, 0.25) is 0 Å². The van der Waals surface area contributed by atoms with Gasteiger partial charge in [0.05, 0.1) is 0 Å². The van der Waals surface area contributed by atoms with Crippen molar-refractivity contribution >= 4 is 11.4 Å². The quantitative estimate of drug-likeness (QED) is 0.541. The van der Waals surface area contributed by atoms with Gasteiger partial charge >= 0.3 is 0 Å². The lowest BCUT2D eigenvalue weighted by atomic mass is 9.98. The number of ketones is 1. The highest BCUT2D eigenvalue weighted by Gasteiger charge is 2.06. The van der Waals surface area contributed by atoms with Crippen LogP contribution in [0.3, 0.4) is 0 Å². The van der Waals surface area contributed by atoms with Crippen molar-refractivity contribution in [2.45, 2.75) is 34.1 Å². The summed E-state index contributed by atoms with van der Waals surface area (Å²) in [5.74, 6) is 0.115. The summed E-state index contributed by atoms with van der Waals surface area (Å²) >= 11 is 0. The van der Waals surface area contributed by atoms with Gasteiger partial charge in [-0.1, -0.05) is 48.9 Å². The third-order valence-corrected chi connectivity index (χ3v) is 2.91. The van der Waals surface area contributed by atoms with Crippen molar-refractivity contribution in [1.29, 1.82) is 0 Å². The van der Waals surface area contributed by atoms with E-state index in [1.807, 2.05) is 31.2 Å². The molecule has 0 spiro atoms. The molecule has 0 bridgehead atoms. The lowest BCUT2D eigenvalue weighted by Crippen LogP contribution is -1.97. The number of hydrogen-bond donors (Lipinski definition) is 0. The molecule has 0 aromatic heterocycles. The van der Waals surface area contributed by atoms with Gasteiger partial charge < -0.3 is 0 Å². The molecule has 90 valence electrons. The first-order valence-electron chi connectivity index (χ1n) is 6.00. The molecule has 0 aliphatic heterocycles. The topological polar surface area (TPSA) is 17.1 Å². The average Bonchev–Trinajstić information content (AvgIpc) is 2.35. The van der Waals surface area contributed by atoms with E-state index < -0.39 is 0 Å². The zero-order chi connectivity index (χ0) is 12.8. The normalized spacial score (nSPS) is 12.7. The number of Topliss-reactive ketones (excluding diaryl/α,β-unsaturated/α-hetero) is 1. The number of carbonyl (C=O) groups is 1. The van der Waals surface area contributed by atoms with Crippen LogP contribution >= 0.6 is 0 Å².